The van der Waals surface area contributed by atoms with Crippen LogP contribution in [0.2, 0.25) is 0 Å². The molecule has 1 atom stereocenters. The molecule has 0 saturated heterocycles. The van der Waals surface area contributed by atoms with Crippen molar-refractivity contribution in [1.29, 1.82) is 0 Å². The second-order valence-corrected chi connectivity index (χ2v) is 4.62. The molecule has 0 spiro atoms. The van der Waals surface area contributed by atoms with E-state index in [1.165, 1.54) is 6.92 Å². The zero-order valence-corrected chi connectivity index (χ0v) is 11.1. The van der Waals surface area contributed by atoms with E-state index in [0.717, 1.165) is 16.5 Å². The van der Waals surface area contributed by atoms with Crippen molar-refractivity contribution in [3.63, 3.8) is 0 Å². The minimum absolute atomic E-state index is 0.0122. The van der Waals surface area contributed by atoms with Gasteiger partial charge in [0.25, 0.3) is 0 Å². The number of carbonyl (C=O) groups is 2. The first-order chi connectivity index (χ1) is 9.49. The van der Waals surface area contributed by atoms with Crippen molar-refractivity contribution in [3.8, 4) is 0 Å². The normalized spacial score (nSPS) is 12.1. The highest BCUT2D eigenvalue weighted by atomic mass is 16.4. The molecule has 0 amide bonds. The van der Waals surface area contributed by atoms with Crippen LogP contribution in [-0.4, -0.2) is 29.4 Å². The highest BCUT2D eigenvalue weighted by molar-refractivity contribution is 6.01. The number of carboxylic acid groups (broad SMARTS) is 1. The topological polar surface area (TPSA) is 92.4 Å². The first-order valence-electron chi connectivity index (χ1n) is 6.25. The number of rotatable bonds is 5. The van der Waals surface area contributed by atoms with E-state index in [4.69, 9.17) is 10.8 Å². The monoisotopic (exact) mass is 272 g/mol. The van der Waals surface area contributed by atoms with Crippen molar-refractivity contribution < 1.29 is 14.7 Å². The summed E-state index contributed by atoms with van der Waals surface area (Å²) in [6.07, 6.45) is 0. The number of anilines is 1. The van der Waals surface area contributed by atoms with Gasteiger partial charge in [-0.05, 0) is 24.4 Å². The smallest absolute Gasteiger partial charge is 0.322 e. The van der Waals surface area contributed by atoms with Crippen molar-refractivity contribution in [2.45, 2.75) is 13.0 Å². The van der Waals surface area contributed by atoms with Crippen molar-refractivity contribution in [2.24, 2.45) is 5.73 Å². The van der Waals surface area contributed by atoms with Gasteiger partial charge in [-0.3, -0.25) is 9.59 Å². The molecule has 0 aliphatic carbocycles. The Bertz CT molecular complexity index is 667. The summed E-state index contributed by atoms with van der Waals surface area (Å²) < 4.78 is 0. The van der Waals surface area contributed by atoms with Gasteiger partial charge in [0.1, 0.15) is 6.04 Å². The second kappa shape index (κ2) is 5.71. The van der Waals surface area contributed by atoms with Crippen LogP contribution in [0.15, 0.2) is 36.4 Å². The molecule has 5 heteroatoms. The maximum atomic E-state index is 11.4. The van der Waals surface area contributed by atoms with Crippen molar-refractivity contribution in [2.75, 3.05) is 11.9 Å². The molecule has 5 nitrogen and oxygen atoms in total. The molecule has 0 saturated carbocycles. The third kappa shape index (κ3) is 2.95. The van der Waals surface area contributed by atoms with E-state index in [-0.39, 0.29) is 12.3 Å². The average Bonchev–Trinajstić information content (AvgIpc) is 2.43. The van der Waals surface area contributed by atoms with Gasteiger partial charge in [0.05, 0.1) is 0 Å². The van der Waals surface area contributed by atoms with Crippen LogP contribution in [-0.2, 0) is 4.79 Å². The fourth-order valence-corrected chi connectivity index (χ4v) is 1.96. The summed E-state index contributed by atoms with van der Waals surface area (Å²) >= 11 is 0. The molecule has 0 fully saturated rings. The van der Waals surface area contributed by atoms with E-state index in [1.54, 1.807) is 6.07 Å². The van der Waals surface area contributed by atoms with Crippen LogP contribution < -0.4 is 11.1 Å². The van der Waals surface area contributed by atoms with E-state index in [0.29, 0.717) is 5.56 Å². The fourth-order valence-electron chi connectivity index (χ4n) is 1.96. The molecule has 104 valence electrons. The standard InChI is InChI=1S/C15H16N2O3/c1-9(18)10-5-6-12-11(7-10)3-2-4-14(12)17-8-13(16)15(19)20/h2-7,13,17H,8,16H2,1H3,(H,19,20)/t13-/m0/s1. The van der Waals surface area contributed by atoms with Crippen LogP contribution >= 0.6 is 0 Å². The third-order valence-corrected chi connectivity index (χ3v) is 3.12. The zero-order chi connectivity index (χ0) is 14.7. The second-order valence-electron chi connectivity index (χ2n) is 4.62. The molecule has 2 aromatic rings. The van der Waals surface area contributed by atoms with Gasteiger partial charge in [0, 0.05) is 23.2 Å². The Morgan fingerprint density at radius 3 is 2.70 bits per heavy atom. The predicted octanol–water partition coefficient (Wildman–Crippen LogP) is 1.87. The first kappa shape index (κ1) is 14.0. The zero-order valence-electron chi connectivity index (χ0n) is 11.1. The molecule has 2 aromatic carbocycles. The minimum atomic E-state index is -1.04. The van der Waals surface area contributed by atoms with Gasteiger partial charge >= 0.3 is 5.97 Å². The van der Waals surface area contributed by atoms with E-state index in [2.05, 4.69) is 5.32 Å². The van der Waals surface area contributed by atoms with Crippen LogP contribution in [0.25, 0.3) is 10.8 Å². The fraction of sp³-hybridized carbons (Fsp3) is 0.200. The van der Waals surface area contributed by atoms with Gasteiger partial charge in [-0.15, -0.1) is 0 Å². The number of hydrogen-bond donors (Lipinski definition) is 3. The molecule has 20 heavy (non-hydrogen) atoms. The molecule has 0 heterocycles. The molecule has 0 bridgehead atoms. The average molecular weight is 272 g/mol. The van der Waals surface area contributed by atoms with Gasteiger partial charge in [-0.2, -0.15) is 0 Å². The lowest BCUT2D eigenvalue weighted by Crippen LogP contribution is -2.36. The number of nitrogens with two attached hydrogens (primary N) is 1. The van der Waals surface area contributed by atoms with Crippen LogP contribution in [0, 0.1) is 0 Å². The third-order valence-electron chi connectivity index (χ3n) is 3.12. The Balaban J connectivity index is 2.30. The summed E-state index contributed by atoms with van der Waals surface area (Å²) in [6, 6.07) is 10.1. The Morgan fingerprint density at radius 1 is 1.30 bits per heavy atom. The predicted molar refractivity (Wildman–Crippen MR) is 78.1 cm³/mol. The molecule has 0 unspecified atom stereocenters. The van der Waals surface area contributed by atoms with Crippen molar-refractivity contribution >= 4 is 28.2 Å². The number of carbonyl (C=O) groups excluding carboxylic acids is 1. The van der Waals surface area contributed by atoms with Crippen molar-refractivity contribution in [3.05, 3.63) is 42.0 Å². The summed E-state index contributed by atoms with van der Waals surface area (Å²) in [6.45, 7) is 1.66. The number of Topliss-reactive ketones (excluding diaryl/α,β-unsaturated/α-hetero) is 1. The van der Waals surface area contributed by atoms with Gasteiger partial charge < -0.3 is 16.2 Å². The SMILES string of the molecule is CC(=O)c1ccc2c(NC[C@H](N)C(=O)O)cccc2c1. The summed E-state index contributed by atoms with van der Waals surface area (Å²) in [5.74, 6) is -1.03. The Kier molecular flexibility index (Phi) is 4.00. The number of benzene rings is 2. The number of aliphatic carboxylic acids is 1. The number of fused-ring (bicyclic) bond motifs is 1. The largest absolute Gasteiger partial charge is 0.480 e. The van der Waals surface area contributed by atoms with Gasteiger partial charge in [-0.25, -0.2) is 0 Å². The highest BCUT2D eigenvalue weighted by Crippen LogP contribution is 2.24. The van der Waals surface area contributed by atoms with E-state index < -0.39 is 12.0 Å². The van der Waals surface area contributed by atoms with Gasteiger partial charge in [-0.1, -0.05) is 24.3 Å². The maximum absolute atomic E-state index is 11.4. The van der Waals surface area contributed by atoms with Gasteiger partial charge in [0.15, 0.2) is 5.78 Å². The van der Waals surface area contributed by atoms with Crippen LogP contribution in [0.5, 0.6) is 0 Å². The molecular formula is C15H16N2O3. The van der Waals surface area contributed by atoms with Crippen LogP contribution in [0.3, 0.4) is 0 Å². The molecule has 0 aromatic heterocycles. The Morgan fingerprint density at radius 2 is 2.05 bits per heavy atom. The van der Waals surface area contributed by atoms with E-state index >= 15 is 0 Å². The van der Waals surface area contributed by atoms with E-state index in [1.807, 2.05) is 30.3 Å². The van der Waals surface area contributed by atoms with Crippen molar-refractivity contribution in [1.82, 2.24) is 0 Å². The molecule has 2 rings (SSSR count). The van der Waals surface area contributed by atoms with E-state index in [9.17, 15) is 9.59 Å². The molecule has 0 aliphatic rings. The first-order valence-corrected chi connectivity index (χ1v) is 6.25. The highest BCUT2D eigenvalue weighted by Gasteiger charge is 2.11. The molecule has 0 aliphatic heterocycles. The molecule has 0 radical (unpaired) electrons. The molecule has 4 N–H and O–H groups in total. The Hall–Kier alpha value is -2.40. The van der Waals surface area contributed by atoms with Crippen LogP contribution in [0.1, 0.15) is 17.3 Å². The minimum Gasteiger partial charge on any atom is -0.480 e. The number of nitrogens with one attached hydrogen (secondary N) is 1. The van der Waals surface area contributed by atoms with Gasteiger partial charge in [0.2, 0.25) is 0 Å². The number of carboxylic acids is 1. The lowest BCUT2D eigenvalue weighted by atomic mass is 10.0. The quantitative estimate of drug-likeness (QED) is 0.722. The summed E-state index contributed by atoms with van der Waals surface area (Å²) in [5.41, 5.74) is 6.92. The molecular weight excluding hydrogens is 256 g/mol. The number of hydrogen-bond acceptors (Lipinski definition) is 4. The lowest BCUT2D eigenvalue weighted by Gasteiger charge is -2.12. The summed E-state index contributed by atoms with van der Waals surface area (Å²) in [5, 5.41) is 13.6. The Labute approximate surface area is 116 Å². The lowest BCUT2D eigenvalue weighted by molar-refractivity contribution is -0.138. The summed E-state index contributed by atoms with van der Waals surface area (Å²) in [4.78, 5) is 22.1. The maximum Gasteiger partial charge on any atom is 0.322 e. The number of ketones is 1. The van der Waals surface area contributed by atoms with Crippen LogP contribution in [0.4, 0.5) is 5.69 Å². The summed E-state index contributed by atoms with van der Waals surface area (Å²) in [7, 11) is 0.